The monoisotopic (exact) mass is 188 g/mol. The minimum atomic E-state index is 0.563. The van der Waals surface area contributed by atoms with E-state index in [4.69, 9.17) is 5.26 Å². The molecule has 1 aromatic heterocycles. The highest BCUT2D eigenvalue weighted by atomic mass is 15.2. The van der Waals surface area contributed by atoms with Crippen molar-refractivity contribution >= 4 is 11.7 Å². The summed E-state index contributed by atoms with van der Waals surface area (Å²) in [6.45, 7) is 1.90. The van der Waals surface area contributed by atoms with Crippen molar-refractivity contribution in [2.75, 3.05) is 19.0 Å². The average Bonchev–Trinajstić information content (AvgIpc) is 2.27. The van der Waals surface area contributed by atoms with Gasteiger partial charge in [-0.25, -0.2) is 4.98 Å². The van der Waals surface area contributed by atoms with Crippen molar-refractivity contribution < 1.29 is 0 Å². The molecule has 0 saturated carbocycles. The maximum Gasteiger partial charge on any atom is 0.133 e. The highest BCUT2D eigenvalue weighted by Gasteiger charge is 2.03. The van der Waals surface area contributed by atoms with Gasteiger partial charge in [-0.05, 0) is 19.1 Å². The molecule has 1 heterocycles. The zero-order valence-corrected chi connectivity index (χ0v) is 8.52. The fourth-order valence-electron chi connectivity index (χ4n) is 0.966. The van der Waals surface area contributed by atoms with Gasteiger partial charge in [0.1, 0.15) is 17.7 Å². The number of hydrogen-bond acceptors (Lipinski definition) is 3. The first-order chi connectivity index (χ1) is 6.69. The van der Waals surface area contributed by atoms with Crippen LogP contribution in [-0.4, -0.2) is 24.9 Å². The lowest BCUT2D eigenvalue weighted by Crippen LogP contribution is -2.24. The van der Waals surface area contributed by atoms with Crippen LogP contribution in [0.1, 0.15) is 12.5 Å². The normalized spacial score (nSPS) is 10.9. The number of anilines is 1. The molecule has 0 aliphatic carbocycles. The van der Waals surface area contributed by atoms with E-state index in [1.54, 1.807) is 25.4 Å². The lowest BCUT2D eigenvalue weighted by atomic mass is 10.3. The predicted octanol–water partition coefficient (Wildman–Crippen LogP) is 1.44. The second-order valence-corrected chi connectivity index (χ2v) is 2.85. The van der Waals surface area contributed by atoms with Gasteiger partial charge in [0.25, 0.3) is 0 Å². The summed E-state index contributed by atoms with van der Waals surface area (Å²) >= 11 is 0. The Morgan fingerprint density at radius 2 is 2.29 bits per heavy atom. The summed E-state index contributed by atoms with van der Waals surface area (Å²) < 4.78 is 0. The first kappa shape index (κ1) is 10.2. The van der Waals surface area contributed by atoms with Crippen molar-refractivity contribution in [1.29, 1.82) is 5.26 Å². The first-order valence-corrected chi connectivity index (χ1v) is 4.22. The minimum Gasteiger partial charge on any atom is -0.318 e. The molecule has 4 nitrogen and oxygen atoms in total. The maximum atomic E-state index is 8.60. The molecule has 0 N–H and O–H groups in total. The van der Waals surface area contributed by atoms with Gasteiger partial charge in [-0.3, -0.25) is 4.99 Å². The molecule has 14 heavy (non-hydrogen) atoms. The lowest BCUT2D eigenvalue weighted by Gasteiger charge is -2.16. The highest BCUT2D eigenvalue weighted by molar-refractivity contribution is 5.94. The summed E-state index contributed by atoms with van der Waals surface area (Å²) in [6, 6.07) is 5.56. The molecule has 0 atom stereocenters. The molecule has 0 amide bonds. The summed E-state index contributed by atoms with van der Waals surface area (Å²) in [6.07, 6.45) is 1.55. The Balaban J connectivity index is 2.93. The molecule has 0 saturated heterocycles. The van der Waals surface area contributed by atoms with Crippen LogP contribution in [0.25, 0.3) is 0 Å². The number of nitriles is 1. The van der Waals surface area contributed by atoms with Crippen molar-refractivity contribution in [3.8, 4) is 6.07 Å². The van der Waals surface area contributed by atoms with Crippen LogP contribution in [0.4, 0.5) is 5.82 Å². The standard InChI is InChI=1S/C10H12N4/c1-8(12-2)14(3)10-5-4-9(6-11)7-13-10/h4-5,7H,1-3H3. The van der Waals surface area contributed by atoms with Crippen LogP contribution >= 0.6 is 0 Å². The summed E-state index contributed by atoms with van der Waals surface area (Å²) in [5.74, 6) is 1.66. The largest absolute Gasteiger partial charge is 0.318 e. The van der Waals surface area contributed by atoms with E-state index in [-0.39, 0.29) is 0 Å². The molecule has 0 radical (unpaired) electrons. The quantitative estimate of drug-likeness (QED) is 0.495. The van der Waals surface area contributed by atoms with Gasteiger partial charge in [0, 0.05) is 20.3 Å². The van der Waals surface area contributed by atoms with Crippen LogP contribution in [0, 0.1) is 11.3 Å². The van der Waals surface area contributed by atoms with E-state index in [0.29, 0.717) is 5.56 Å². The Morgan fingerprint density at radius 3 is 2.71 bits per heavy atom. The fourth-order valence-corrected chi connectivity index (χ4v) is 0.966. The lowest BCUT2D eigenvalue weighted by molar-refractivity contribution is 1.14. The van der Waals surface area contributed by atoms with Crippen LogP contribution in [0.2, 0.25) is 0 Å². The number of aromatic nitrogens is 1. The number of pyridine rings is 1. The van der Waals surface area contributed by atoms with Gasteiger partial charge in [-0.15, -0.1) is 0 Å². The maximum absolute atomic E-state index is 8.60. The third kappa shape index (κ3) is 2.07. The van der Waals surface area contributed by atoms with Gasteiger partial charge in [0.05, 0.1) is 5.56 Å². The van der Waals surface area contributed by atoms with E-state index < -0.39 is 0 Å². The van der Waals surface area contributed by atoms with E-state index >= 15 is 0 Å². The van der Waals surface area contributed by atoms with Crippen LogP contribution in [0.15, 0.2) is 23.3 Å². The molecule has 72 valence electrons. The van der Waals surface area contributed by atoms with E-state index in [1.807, 2.05) is 24.9 Å². The molecular weight excluding hydrogens is 176 g/mol. The zero-order valence-electron chi connectivity index (χ0n) is 8.52. The average molecular weight is 188 g/mol. The summed E-state index contributed by atoms with van der Waals surface area (Å²) in [5.41, 5.74) is 0.563. The number of hydrogen-bond donors (Lipinski definition) is 0. The molecule has 1 rings (SSSR count). The number of nitrogens with zero attached hydrogens (tertiary/aromatic N) is 4. The summed E-state index contributed by atoms with van der Waals surface area (Å²) in [5, 5.41) is 8.60. The summed E-state index contributed by atoms with van der Waals surface area (Å²) in [4.78, 5) is 10.0. The third-order valence-electron chi connectivity index (χ3n) is 2.03. The Morgan fingerprint density at radius 1 is 1.57 bits per heavy atom. The molecule has 0 aliphatic heterocycles. The molecular formula is C10H12N4. The van der Waals surface area contributed by atoms with Crippen molar-refractivity contribution in [3.05, 3.63) is 23.9 Å². The smallest absolute Gasteiger partial charge is 0.133 e. The summed E-state index contributed by atoms with van der Waals surface area (Å²) in [7, 11) is 3.62. The van der Waals surface area contributed by atoms with Crippen LogP contribution in [0.5, 0.6) is 0 Å². The van der Waals surface area contributed by atoms with Crippen molar-refractivity contribution in [2.45, 2.75) is 6.92 Å². The van der Waals surface area contributed by atoms with E-state index in [1.165, 1.54) is 0 Å². The van der Waals surface area contributed by atoms with Crippen molar-refractivity contribution in [2.24, 2.45) is 4.99 Å². The Kier molecular flexibility index (Phi) is 3.19. The second kappa shape index (κ2) is 4.38. The molecule has 0 spiro atoms. The minimum absolute atomic E-state index is 0.563. The third-order valence-corrected chi connectivity index (χ3v) is 2.03. The van der Waals surface area contributed by atoms with Crippen LogP contribution in [-0.2, 0) is 0 Å². The van der Waals surface area contributed by atoms with Crippen molar-refractivity contribution in [3.63, 3.8) is 0 Å². The van der Waals surface area contributed by atoms with Gasteiger partial charge < -0.3 is 4.90 Å². The van der Waals surface area contributed by atoms with Crippen LogP contribution in [0.3, 0.4) is 0 Å². The van der Waals surface area contributed by atoms with Crippen LogP contribution < -0.4 is 4.90 Å². The molecule has 0 bridgehead atoms. The molecule has 0 aliphatic rings. The Hall–Kier alpha value is -1.89. The predicted molar refractivity (Wildman–Crippen MR) is 56.4 cm³/mol. The van der Waals surface area contributed by atoms with E-state index in [0.717, 1.165) is 11.7 Å². The second-order valence-electron chi connectivity index (χ2n) is 2.85. The SMILES string of the molecule is CN=C(C)N(C)c1ccc(C#N)cn1. The Labute approximate surface area is 83.5 Å². The van der Waals surface area contributed by atoms with Gasteiger partial charge >= 0.3 is 0 Å². The Bertz CT molecular complexity index is 372. The first-order valence-electron chi connectivity index (χ1n) is 4.22. The number of rotatable bonds is 1. The highest BCUT2D eigenvalue weighted by Crippen LogP contribution is 2.09. The molecule has 4 heteroatoms. The molecule has 0 aromatic carbocycles. The zero-order chi connectivity index (χ0) is 10.6. The van der Waals surface area contributed by atoms with Crippen molar-refractivity contribution in [1.82, 2.24) is 4.98 Å². The van der Waals surface area contributed by atoms with Gasteiger partial charge in [0.15, 0.2) is 0 Å². The fraction of sp³-hybridized carbons (Fsp3) is 0.300. The van der Waals surface area contributed by atoms with Gasteiger partial charge in [-0.1, -0.05) is 0 Å². The van der Waals surface area contributed by atoms with Gasteiger partial charge in [0.2, 0.25) is 0 Å². The number of amidine groups is 1. The molecule has 0 unspecified atom stereocenters. The van der Waals surface area contributed by atoms with E-state index in [2.05, 4.69) is 9.98 Å². The number of aliphatic imine (C=N–C) groups is 1. The molecule has 0 fully saturated rings. The van der Waals surface area contributed by atoms with E-state index in [9.17, 15) is 0 Å². The van der Waals surface area contributed by atoms with Gasteiger partial charge in [-0.2, -0.15) is 5.26 Å². The topological polar surface area (TPSA) is 52.3 Å². The molecule has 1 aromatic rings.